The molecule has 40 heavy (non-hydrogen) atoms. The van der Waals surface area contributed by atoms with Gasteiger partial charge in [0.2, 0.25) is 0 Å². The number of allylic oxidation sites excluding steroid dienone is 1. The lowest BCUT2D eigenvalue weighted by atomic mass is 10.0. The lowest BCUT2D eigenvalue weighted by Crippen LogP contribution is -2.39. The van der Waals surface area contributed by atoms with Crippen molar-refractivity contribution in [1.29, 1.82) is 0 Å². The standard InChI is InChI=1S/C29H25N3O7S/c1-17-25(28(35)37-3)26(21-10-7-13-38-21)32-27(34)23(40-29(32)30-17)15-18-11-12-20(22(14-18)36-2)39-16-24(33)31-19-8-5-4-6-9-19/h4-15,26H,16H2,1-3H3,(H,31,33)/b23-15+. The van der Waals surface area contributed by atoms with Gasteiger partial charge in [0.15, 0.2) is 22.9 Å². The predicted molar refractivity (Wildman–Crippen MR) is 148 cm³/mol. The van der Waals surface area contributed by atoms with E-state index in [9.17, 15) is 14.4 Å². The van der Waals surface area contributed by atoms with Crippen LogP contribution in [0.4, 0.5) is 5.69 Å². The van der Waals surface area contributed by atoms with Crippen molar-refractivity contribution < 1.29 is 28.2 Å². The van der Waals surface area contributed by atoms with Crippen LogP contribution in [0, 0.1) is 0 Å². The molecular weight excluding hydrogens is 534 g/mol. The van der Waals surface area contributed by atoms with E-state index in [2.05, 4.69) is 10.3 Å². The zero-order chi connectivity index (χ0) is 28.2. The highest BCUT2D eigenvalue weighted by Gasteiger charge is 2.34. The van der Waals surface area contributed by atoms with E-state index in [0.717, 1.165) is 0 Å². The fourth-order valence-corrected chi connectivity index (χ4v) is 5.36. The molecular formula is C29H25N3O7S. The summed E-state index contributed by atoms with van der Waals surface area (Å²) in [5.74, 6) is 0.287. The van der Waals surface area contributed by atoms with Crippen LogP contribution in [-0.2, 0) is 14.3 Å². The molecule has 5 rings (SSSR count). The van der Waals surface area contributed by atoms with Gasteiger partial charge in [-0.05, 0) is 55.0 Å². The topological polar surface area (TPSA) is 121 Å². The maximum absolute atomic E-state index is 13.6. The Hall–Kier alpha value is -4.90. The van der Waals surface area contributed by atoms with Crippen molar-refractivity contribution in [3.8, 4) is 11.5 Å². The number of carbonyl (C=O) groups is 2. The highest BCUT2D eigenvalue weighted by Crippen LogP contribution is 2.31. The molecule has 10 nitrogen and oxygen atoms in total. The molecule has 204 valence electrons. The van der Waals surface area contributed by atoms with Crippen molar-refractivity contribution in [3.05, 3.63) is 109 Å². The van der Waals surface area contributed by atoms with E-state index in [1.807, 2.05) is 18.2 Å². The van der Waals surface area contributed by atoms with Crippen LogP contribution in [0.5, 0.6) is 11.5 Å². The van der Waals surface area contributed by atoms with Gasteiger partial charge >= 0.3 is 5.97 Å². The molecule has 0 bridgehead atoms. The van der Waals surface area contributed by atoms with Crippen LogP contribution in [-0.4, -0.2) is 37.3 Å². The Balaban J connectivity index is 1.44. The summed E-state index contributed by atoms with van der Waals surface area (Å²) in [6, 6.07) is 16.8. The summed E-state index contributed by atoms with van der Waals surface area (Å²) in [6.07, 6.45) is 3.19. The number of ether oxygens (including phenoxy) is 3. The van der Waals surface area contributed by atoms with Gasteiger partial charge in [-0.3, -0.25) is 14.2 Å². The molecule has 4 aromatic rings. The smallest absolute Gasteiger partial charge is 0.338 e. The Morgan fingerprint density at radius 3 is 2.60 bits per heavy atom. The van der Waals surface area contributed by atoms with Gasteiger partial charge in [0.1, 0.15) is 11.8 Å². The molecule has 0 spiro atoms. The van der Waals surface area contributed by atoms with E-state index >= 15 is 0 Å². The van der Waals surface area contributed by atoms with Gasteiger partial charge in [0.25, 0.3) is 11.5 Å². The van der Waals surface area contributed by atoms with Crippen molar-refractivity contribution in [1.82, 2.24) is 4.57 Å². The van der Waals surface area contributed by atoms with Gasteiger partial charge < -0.3 is 23.9 Å². The number of methoxy groups -OCH3 is 2. The first-order valence-electron chi connectivity index (χ1n) is 12.2. The van der Waals surface area contributed by atoms with Crippen LogP contribution < -0.4 is 29.7 Å². The van der Waals surface area contributed by atoms with Gasteiger partial charge in [-0.25, -0.2) is 9.79 Å². The minimum absolute atomic E-state index is 0.210. The number of amides is 1. The Morgan fingerprint density at radius 1 is 1.10 bits per heavy atom. The van der Waals surface area contributed by atoms with Crippen LogP contribution in [0.2, 0.25) is 0 Å². The number of para-hydroxylation sites is 1. The van der Waals surface area contributed by atoms with Crippen molar-refractivity contribution in [2.45, 2.75) is 13.0 Å². The lowest BCUT2D eigenvalue weighted by Gasteiger charge is -2.22. The van der Waals surface area contributed by atoms with E-state index in [-0.39, 0.29) is 23.6 Å². The van der Waals surface area contributed by atoms with Gasteiger partial charge in [0.05, 0.1) is 36.3 Å². The largest absolute Gasteiger partial charge is 0.493 e. The number of carbonyl (C=O) groups excluding carboxylic acids is 2. The number of nitrogens with one attached hydrogen (secondary N) is 1. The third kappa shape index (κ3) is 5.32. The Kier molecular flexibility index (Phi) is 7.65. The van der Waals surface area contributed by atoms with E-state index in [1.54, 1.807) is 55.5 Å². The van der Waals surface area contributed by atoms with Crippen LogP contribution >= 0.6 is 11.3 Å². The van der Waals surface area contributed by atoms with Crippen LogP contribution in [0.25, 0.3) is 6.08 Å². The average Bonchev–Trinajstić information content (AvgIpc) is 3.60. The second-order valence-electron chi connectivity index (χ2n) is 8.70. The quantitative estimate of drug-likeness (QED) is 0.330. The van der Waals surface area contributed by atoms with Crippen LogP contribution in [0.1, 0.15) is 24.3 Å². The predicted octanol–water partition coefficient (Wildman–Crippen LogP) is 3.03. The number of nitrogens with zero attached hydrogens (tertiary/aromatic N) is 2. The number of fused-ring (bicyclic) bond motifs is 1. The molecule has 0 aliphatic carbocycles. The first-order chi connectivity index (χ1) is 19.4. The molecule has 1 atom stereocenters. The summed E-state index contributed by atoms with van der Waals surface area (Å²) in [4.78, 5) is 43.5. The number of esters is 1. The number of rotatable bonds is 8. The summed E-state index contributed by atoms with van der Waals surface area (Å²) >= 11 is 1.19. The Bertz CT molecular complexity index is 1770. The van der Waals surface area contributed by atoms with E-state index in [0.29, 0.717) is 43.5 Å². The molecule has 1 aliphatic rings. The molecule has 1 amide bonds. The van der Waals surface area contributed by atoms with Gasteiger partial charge in [-0.1, -0.05) is 35.6 Å². The summed E-state index contributed by atoms with van der Waals surface area (Å²) < 4.78 is 23.6. The monoisotopic (exact) mass is 559 g/mol. The molecule has 2 aromatic heterocycles. The third-order valence-electron chi connectivity index (χ3n) is 6.14. The van der Waals surface area contributed by atoms with Crippen molar-refractivity contribution in [3.63, 3.8) is 0 Å². The lowest BCUT2D eigenvalue weighted by molar-refractivity contribution is -0.136. The molecule has 0 saturated carbocycles. The van der Waals surface area contributed by atoms with E-state index < -0.39 is 12.0 Å². The first-order valence-corrected chi connectivity index (χ1v) is 13.0. The highest BCUT2D eigenvalue weighted by molar-refractivity contribution is 7.07. The van der Waals surface area contributed by atoms with Gasteiger partial charge in [-0.2, -0.15) is 0 Å². The van der Waals surface area contributed by atoms with Gasteiger partial charge in [0, 0.05) is 5.69 Å². The molecule has 0 fully saturated rings. The molecule has 0 radical (unpaired) electrons. The number of furan rings is 1. The molecule has 0 saturated heterocycles. The number of thiazole rings is 1. The number of hydrogen-bond donors (Lipinski definition) is 1. The minimum atomic E-state index is -0.812. The molecule has 1 N–H and O–H groups in total. The number of benzene rings is 2. The SMILES string of the molecule is COC(=O)C1=C(C)N=c2s/c(=C/c3ccc(OCC(=O)Nc4ccccc4)c(OC)c3)c(=O)n2C1c1ccco1. The zero-order valence-electron chi connectivity index (χ0n) is 21.9. The fraction of sp³-hybridized carbons (Fsp3) is 0.172. The molecule has 2 aromatic carbocycles. The van der Waals surface area contributed by atoms with Crippen LogP contribution in [0.15, 0.2) is 92.4 Å². The summed E-state index contributed by atoms with van der Waals surface area (Å²) in [7, 11) is 2.77. The van der Waals surface area contributed by atoms with E-state index in [1.165, 1.54) is 36.4 Å². The third-order valence-corrected chi connectivity index (χ3v) is 7.12. The zero-order valence-corrected chi connectivity index (χ0v) is 22.7. The van der Waals surface area contributed by atoms with E-state index in [4.69, 9.17) is 18.6 Å². The number of hydrogen-bond acceptors (Lipinski definition) is 9. The van der Waals surface area contributed by atoms with Crippen molar-refractivity contribution >= 4 is 35.0 Å². The number of anilines is 1. The maximum Gasteiger partial charge on any atom is 0.338 e. The van der Waals surface area contributed by atoms with Crippen LogP contribution in [0.3, 0.4) is 0 Å². The number of aromatic nitrogens is 1. The normalized spacial score (nSPS) is 14.8. The maximum atomic E-state index is 13.6. The average molecular weight is 560 g/mol. The molecule has 3 heterocycles. The molecule has 1 aliphatic heterocycles. The summed E-state index contributed by atoms with van der Waals surface area (Å²) in [5.41, 5.74) is 1.68. The second kappa shape index (κ2) is 11.5. The first kappa shape index (κ1) is 26.7. The van der Waals surface area contributed by atoms with Crippen molar-refractivity contribution in [2.75, 3.05) is 26.1 Å². The minimum Gasteiger partial charge on any atom is -0.493 e. The molecule has 1 unspecified atom stereocenters. The fourth-order valence-electron chi connectivity index (χ4n) is 4.32. The second-order valence-corrected chi connectivity index (χ2v) is 9.71. The summed E-state index contributed by atoms with van der Waals surface area (Å²) in [6.45, 7) is 1.49. The van der Waals surface area contributed by atoms with Crippen molar-refractivity contribution in [2.24, 2.45) is 4.99 Å². The Morgan fingerprint density at radius 2 is 1.90 bits per heavy atom. The summed E-state index contributed by atoms with van der Waals surface area (Å²) in [5, 5.41) is 2.76. The highest BCUT2D eigenvalue weighted by atomic mass is 32.1. The Labute approximate surface area is 232 Å². The van der Waals surface area contributed by atoms with Gasteiger partial charge in [-0.15, -0.1) is 0 Å². The molecule has 11 heteroatoms.